The van der Waals surface area contributed by atoms with Gasteiger partial charge in [0.1, 0.15) is 0 Å². The molecule has 5 rings (SSSR count). The number of benzene rings is 2. The molecule has 0 atom stereocenters. The van der Waals surface area contributed by atoms with E-state index in [0.29, 0.717) is 0 Å². The Morgan fingerprint density at radius 1 is 0.625 bits per heavy atom. The van der Waals surface area contributed by atoms with Gasteiger partial charge in [-0.05, 0) is 55.2 Å². The third-order valence-corrected chi connectivity index (χ3v) is 10.0. The van der Waals surface area contributed by atoms with E-state index in [9.17, 15) is 0 Å². The number of hydrogen-bond donors (Lipinski definition) is 0. The minimum atomic E-state index is 1.22. The molecular weight excluding hydrogens is 445 g/mol. The van der Waals surface area contributed by atoms with Gasteiger partial charge in [0.2, 0.25) is 0 Å². The summed E-state index contributed by atoms with van der Waals surface area (Å²) in [6.07, 6.45) is 12.3. The fourth-order valence-corrected chi connectivity index (χ4v) is 8.28. The Morgan fingerprint density at radius 2 is 1.28 bits per heavy atom. The average Bonchev–Trinajstić information content (AvgIpc) is 3.48. The third-order valence-electron chi connectivity index (χ3n) is 6.49. The quantitative estimate of drug-likeness (QED) is 0.176. The van der Waals surface area contributed by atoms with Crippen LogP contribution in [-0.2, 0) is 6.42 Å². The minimum absolute atomic E-state index is 1.22. The molecule has 3 aromatic heterocycles. The highest BCUT2D eigenvalue weighted by atomic mass is 32.1. The molecule has 2 aromatic carbocycles. The van der Waals surface area contributed by atoms with Crippen LogP contribution in [0, 0.1) is 6.92 Å². The molecule has 3 heterocycles. The molecule has 32 heavy (non-hydrogen) atoms. The third kappa shape index (κ3) is 4.66. The summed E-state index contributed by atoms with van der Waals surface area (Å²) in [5.41, 5.74) is 2.86. The summed E-state index contributed by atoms with van der Waals surface area (Å²) >= 11 is 5.84. The second-order valence-corrected chi connectivity index (χ2v) is 12.4. The smallest absolute Gasteiger partial charge is 0.0542 e. The average molecular weight is 477 g/mol. The number of hydrogen-bond acceptors (Lipinski definition) is 3. The molecule has 166 valence electrons. The van der Waals surface area contributed by atoms with Crippen molar-refractivity contribution in [1.82, 2.24) is 0 Å². The van der Waals surface area contributed by atoms with E-state index in [2.05, 4.69) is 62.4 Å². The lowest BCUT2D eigenvalue weighted by Gasteiger charge is -2.03. The second-order valence-electron chi connectivity index (χ2n) is 9.04. The van der Waals surface area contributed by atoms with E-state index in [-0.39, 0.29) is 0 Å². The molecule has 0 aliphatic rings. The summed E-state index contributed by atoms with van der Waals surface area (Å²) in [6, 6.07) is 18.7. The molecule has 3 heteroatoms. The summed E-state index contributed by atoms with van der Waals surface area (Å²) in [5, 5.41) is 2.87. The molecule has 0 saturated carbocycles. The first kappa shape index (κ1) is 22.1. The van der Waals surface area contributed by atoms with Crippen LogP contribution in [0.15, 0.2) is 48.5 Å². The first-order chi connectivity index (χ1) is 15.7. The van der Waals surface area contributed by atoms with Crippen LogP contribution in [0.5, 0.6) is 0 Å². The van der Waals surface area contributed by atoms with Gasteiger partial charge in [0.05, 0.1) is 9.40 Å². The van der Waals surface area contributed by atoms with Crippen LogP contribution >= 0.6 is 34.0 Å². The Labute approximate surface area is 203 Å². The van der Waals surface area contributed by atoms with E-state index in [0.717, 1.165) is 0 Å². The normalized spacial score (nSPS) is 11.9. The zero-order valence-electron chi connectivity index (χ0n) is 19.2. The second kappa shape index (κ2) is 10.1. The lowest BCUT2D eigenvalue weighted by Crippen LogP contribution is -1.86. The van der Waals surface area contributed by atoms with Gasteiger partial charge in [-0.15, -0.1) is 34.0 Å². The standard InChI is InChI=1S/C29H32S3/c1-3-4-5-6-7-8-9-10-11-21-13-15-23-26(18-21)31-29-24-16-14-22(19-27(24)32-28(23)29)25-17-12-20(2)30-25/h12-19H,3-11H2,1-2H3. The highest BCUT2D eigenvalue weighted by Crippen LogP contribution is 2.45. The molecule has 5 aromatic rings. The van der Waals surface area contributed by atoms with Gasteiger partial charge in [0.15, 0.2) is 0 Å². The first-order valence-electron chi connectivity index (χ1n) is 12.2. The topological polar surface area (TPSA) is 0 Å². The highest BCUT2D eigenvalue weighted by Gasteiger charge is 2.13. The molecule has 0 amide bonds. The molecule has 0 radical (unpaired) electrons. The zero-order chi connectivity index (χ0) is 21.9. The lowest BCUT2D eigenvalue weighted by atomic mass is 10.0. The minimum Gasteiger partial charge on any atom is -0.141 e. The summed E-state index contributed by atoms with van der Waals surface area (Å²) in [5.74, 6) is 0. The maximum absolute atomic E-state index is 2.46. The van der Waals surface area contributed by atoms with Gasteiger partial charge < -0.3 is 0 Å². The Morgan fingerprint density at radius 3 is 1.97 bits per heavy atom. The van der Waals surface area contributed by atoms with Gasteiger partial charge in [-0.2, -0.15) is 0 Å². The Hall–Kier alpha value is -1.68. The molecule has 0 aliphatic carbocycles. The number of thiophene rings is 3. The number of fused-ring (bicyclic) bond motifs is 5. The monoisotopic (exact) mass is 476 g/mol. The summed E-state index contributed by atoms with van der Waals surface area (Å²) in [6.45, 7) is 4.47. The molecular formula is C29H32S3. The molecule has 0 unspecified atom stereocenters. The fourth-order valence-electron chi connectivity index (χ4n) is 4.66. The molecule has 0 fully saturated rings. The Kier molecular flexibility index (Phi) is 6.96. The largest absolute Gasteiger partial charge is 0.141 e. The lowest BCUT2D eigenvalue weighted by molar-refractivity contribution is 0.575. The van der Waals surface area contributed by atoms with Crippen molar-refractivity contribution in [3.05, 3.63) is 59.0 Å². The van der Waals surface area contributed by atoms with E-state index >= 15 is 0 Å². The van der Waals surface area contributed by atoms with Gasteiger partial charge in [0.25, 0.3) is 0 Å². The van der Waals surface area contributed by atoms with Crippen molar-refractivity contribution in [3.63, 3.8) is 0 Å². The summed E-state index contributed by atoms with van der Waals surface area (Å²) < 4.78 is 5.82. The maximum atomic E-state index is 2.46. The van der Waals surface area contributed by atoms with Crippen molar-refractivity contribution >= 4 is 63.6 Å². The summed E-state index contributed by atoms with van der Waals surface area (Å²) in [4.78, 5) is 2.75. The van der Waals surface area contributed by atoms with Crippen molar-refractivity contribution in [2.45, 2.75) is 71.6 Å². The SMILES string of the molecule is CCCCCCCCCCc1ccc2c(c1)sc1c3ccc(-c4ccc(C)s4)cc3sc21. The van der Waals surface area contributed by atoms with Crippen LogP contribution in [0.25, 0.3) is 40.0 Å². The fraction of sp³-hybridized carbons (Fsp3) is 0.379. The Balaban J connectivity index is 1.29. The van der Waals surface area contributed by atoms with E-state index in [1.54, 1.807) is 0 Å². The van der Waals surface area contributed by atoms with Crippen molar-refractivity contribution in [3.8, 4) is 10.4 Å². The van der Waals surface area contributed by atoms with Gasteiger partial charge in [-0.25, -0.2) is 0 Å². The van der Waals surface area contributed by atoms with E-state index in [1.165, 1.54) is 108 Å². The van der Waals surface area contributed by atoms with Gasteiger partial charge >= 0.3 is 0 Å². The van der Waals surface area contributed by atoms with Crippen LogP contribution in [0.1, 0.15) is 68.7 Å². The van der Waals surface area contributed by atoms with E-state index < -0.39 is 0 Å². The first-order valence-corrected chi connectivity index (χ1v) is 14.6. The molecule has 0 N–H and O–H groups in total. The van der Waals surface area contributed by atoms with Crippen molar-refractivity contribution < 1.29 is 0 Å². The number of rotatable bonds is 10. The van der Waals surface area contributed by atoms with Crippen molar-refractivity contribution in [2.24, 2.45) is 0 Å². The van der Waals surface area contributed by atoms with Gasteiger partial charge in [0, 0.05) is 29.9 Å². The molecule has 0 saturated heterocycles. The zero-order valence-corrected chi connectivity index (χ0v) is 21.7. The molecule has 0 nitrogen and oxygen atoms in total. The van der Waals surface area contributed by atoms with Crippen LogP contribution in [0.3, 0.4) is 0 Å². The Bertz CT molecular complexity index is 1330. The molecule has 0 spiro atoms. The summed E-state index contributed by atoms with van der Waals surface area (Å²) in [7, 11) is 0. The van der Waals surface area contributed by atoms with Crippen molar-refractivity contribution in [1.29, 1.82) is 0 Å². The van der Waals surface area contributed by atoms with Crippen molar-refractivity contribution in [2.75, 3.05) is 0 Å². The number of unbranched alkanes of at least 4 members (excludes halogenated alkanes) is 7. The van der Waals surface area contributed by atoms with Crippen LogP contribution < -0.4 is 0 Å². The highest BCUT2D eigenvalue weighted by molar-refractivity contribution is 7.36. The molecule has 0 bridgehead atoms. The van der Waals surface area contributed by atoms with Gasteiger partial charge in [-0.1, -0.05) is 76.1 Å². The predicted octanol–water partition coefficient (Wildman–Crippen LogP) is 11.0. The maximum Gasteiger partial charge on any atom is 0.0542 e. The van der Waals surface area contributed by atoms with Crippen LogP contribution in [0.4, 0.5) is 0 Å². The van der Waals surface area contributed by atoms with Crippen LogP contribution in [0.2, 0.25) is 0 Å². The molecule has 0 aliphatic heterocycles. The van der Waals surface area contributed by atoms with Gasteiger partial charge in [-0.3, -0.25) is 0 Å². The van der Waals surface area contributed by atoms with E-state index in [4.69, 9.17) is 0 Å². The van der Waals surface area contributed by atoms with Crippen LogP contribution in [-0.4, -0.2) is 0 Å². The predicted molar refractivity (Wildman–Crippen MR) is 149 cm³/mol. The van der Waals surface area contributed by atoms with E-state index in [1.807, 2.05) is 34.0 Å². The number of aryl methyl sites for hydroxylation is 2.